The summed E-state index contributed by atoms with van der Waals surface area (Å²) in [5.74, 6) is 1.85. The predicted molar refractivity (Wildman–Crippen MR) is 228 cm³/mol. The summed E-state index contributed by atoms with van der Waals surface area (Å²) < 4.78 is 9.60. The minimum Gasteiger partial charge on any atom is -0.458 e. The van der Waals surface area contributed by atoms with Crippen molar-refractivity contribution in [3.8, 4) is 61.7 Å². The summed E-state index contributed by atoms with van der Waals surface area (Å²) >= 11 is 0. The average molecular weight is 690 g/mol. The number of aromatic nitrogens is 1. The van der Waals surface area contributed by atoms with Crippen LogP contribution in [0.3, 0.4) is 0 Å². The summed E-state index contributed by atoms with van der Waals surface area (Å²) in [6.07, 6.45) is 0. The van der Waals surface area contributed by atoms with Gasteiger partial charge in [-0.05, 0) is 129 Å². The van der Waals surface area contributed by atoms with E-state index in [9.17, 15) is 0 Å². The summed E-state index contributed by atoms with van der Waals surface area (Å²) in [4.78, 5) is 0. The molecule has 0 saturated carbocycles. The summed E-state index contributed by atoms with van der Waals surface area (Å²) in [6, 6.07) is 60.3. The number of hydrogen-bond acceptors (Lipinski definition) is 1. The molecule has 0 aliphatic carbocycles. The largest absolute Gasteiger partial charge is 0.458 e. The Morgan fingerprint density at radius 2 is 1.02 bits per heavy atom. The van der Waals surface area contributed by atoms with Gasteiger partial charge in [-0.2, -0.15) is 0 Å². The van der Waals surface area contributed by atoms with Crippen LogP contribution in [-0.2, 0) is 0 Å². The number of hydrogen-bond donors (Lipinski definition) is 0. The molecule has 254 valence electrons. The van der Waals surface area contributed by atoms with E-state index in [0.29, 0.717) is 0 Å². The third kappa shape index (κ3) is 4.61. The van der Waals surface area contributed by atoms with Crippen molar-refractivity contribution in [3.63, 3.8) is 0 Å². The van der Waals surface area contributed by atoms with Crippen LogP contribution in [0.25, 0.3) is 72.0 Å². The molecular formula is C51H36BNO. The van der Waals surface area contributed by atoms with Crippen LogP contribution in [0, 0.1) is 20.8 Å². The average Bonchev–Trinajstić information content (AvgIpc) is 3.53. The highest BCUT2D eigenvalue weighted by molar-refractivity contribution is 6.99. The number of nitrogens with zero attached hydrogens (tertiary/aromatic N) is 1. The first kappa shape index (κ1) is 31.0. The molecule has 0 fully saturated rings. The predicted octanol–water partition coefficient (Wildman–Crippen LogP) is 11.3. The summed E-state index contributed by atoms with van der Waals surface area (Å²) in [5.41, 5.74) is 21.0. The maximum Gasteiger partial charge on any atom is 0.256 e. The third-order valence-corrected chi connectivity index (χ3v) is 11.7. The molecule has 3 heterocycles. The second kappa shape index (κ2) is 11.7. The highest BCUT2D eigenvalue weighted by atomic mass is 16.5. The van der Waals surface area contributed by atoms with E-state index in [1.54, 1.807) is 0 Å². The van der Waals surface area contributed by atoms with Gasteiger partial charge in [-0.15, -0.1) is 0 Å². The van der Waals surface area contributed by atoms with Crippen molar-refractivity contribution in [2.75, 3.05) is 0 Å². The van der Waals surface area contributed by atoms with Gasteiger partial charge >= 0.3 is 0 Å². The van der Waals surface area contributed by atoms with Crippen molar-refractivity contribution >= 4 is 44.9 Å². The Morgan fingerprint density at radius 1 is 0.444 bits per heavy atom. The van der Waals surface area contributed by atoms with Crippen molar-refractivity contribution in [1.29, 1.82) is 0 Å². The Kier molecular flexibility index (Phi) is 6.72. The zero-order chi connectivity index (χ0) is 36.1. The molecule has 0 spiro atoms. The molecule has 3 heteroatoms. The monoisotopic (exact) mass is 689 g/mol. The SMILES string of the molecule is Cc1cc(C)c(-c2cc3c4c(c2)-n2c5ccc(-c6ccccc6)cc5c5cc(-c6ccccc6)cc(c52)B4c2cc(-c4ccccc4)ccc2O3)c(C)c1. The summed E-state index contributed by atoms with van der Waals surface area (Å²) in [5, 5.41) is 2.52. The maximum absolute atomic E-state index is 7.06. The minimum absolute atomic E-state index is 0.0201. The number of benzene rings is 8. The van der Waals surface area contributed by atoms with Crippen LogP contribution in [0.4, 0.5) is 0 Å². The van der Waals surface area contributed by atoms with Crippen LogP contribution >= 0.6 is 0 Å². The highest BCUT2D eigenvalue weighted by Gasteiger charge is 2.41. The first-order valence-corrected chi connectivity index (χ1v) is 18.9. The lowest BCUT2D eigenvalue weighted by Gasteiger charge is -2.34. The summed E-state index contributed by atoms with van der Waals surface area (Å²) in [6.45, 7) is 6.63. The molecule has 0 N–H and O–H groups in total. The van der Waals surface area contributed by atoms with Gasteiger partial charge in [0, 0.05) is 22.0 Å². The van der Waals surface area contributed by atoms with E-state index in [-0.39, 0.29) is 6.71 Å². The van der Waals surface area contributed by atoms with Gasteiger partial charge in [0.25, 0.3) is 6.71 Å². The van der Waals surface area contributed by atoms with Crippen LogP contribution in [-0.4, -0.2) is 11.3 Å². The van der Waals surface area contributed by atoms with Crippen LogP contribution in [0.15, 0.2) is 164 Å². The molecule has 8 aromatic carbocycles. The molecule has 0 radical (unpaired) electrons. The Morgan fingerprint density at radius 3 is 1.69 bits per heavy atom. The van der Waals surface area contributed by atoms with Gasteiger partial charge in [0.05, 0.1) is 5.52 Å². The zero-order valence-corrected chi connectivity index (χ0v) is 30.5. The van der Waals surface area contributed by atoms with Gasteiger partial charge < -0.3 is 9.30 Å². The van der Waals surface area contributed by atoms with Crippen LogP contribution in [0.2, 0.25) is 0 Å². The molecule has 0 amide bonds. The van der Waals surface area contributed by atoms with E-state index >= 15 is 0 Å². The standard InChI is InChI=1S/C51H36BNO/c1-31-23-32(2)49(33(3)24-31)40-29-46-50-48(30-40)54-47-22-20-38(35-15-9-5-10-16-35)27-43(47)52(50)44-28-39(36-17-11-6-12-18-36)26-42-41-25-37(34-13-7-4-8-14-34)19-21-45(41)53(46)51(42)44/h4-30H,1-3H3. The number of ether oxygens (including phenoxy) is 1. The first-order valence-electron chi connectivity index (χ1n) is 18.9. The topological polar surface area (TPSA) is 14.2 Å². The van der Waals surface area contributed by atoms with Gasteiger partial charge in [-0.1, -0.05) is 133 Å². The first-order chi connectivity index (χ1) is 26.5. The summed E-state index contributed by atoms with van der Waals surface area (Å²) in [7, 11) is 0. The van der Waals surface area contributed by atoms with E-state index in [4.69, 9.17) is 4.74 Å². The van der Waals surface area contributed by atoms with E-state index in [1.165, 1.54) is 105 Å². The van der Waals surface area contributed by atoms with Crippen molar-refractivity contribution in [3.05, 3.63) is 180 Å². The van der Waals surface area contributed by atoms with Gasteiger partial charge in [0.1, 0.15) is 11.5 Å². The molecule has 0 saturated heterocycles. The fraction of sp³-hybridized carbons (Fsp3) is 0.0588. The molecule has 11 rings (SSSR count). The van der Waals surface area contributed by atoms with E-state index in [0.717, 1.165) is 11.5 Å². The van der Waals surface area contributed by atoms with E-state index in [1.807, 2.05) is 0 Å². The van der Waals surface area contributed by atoms with E-state index in [2.05, 4.69) is 189 Å². The van der Waals surface area contributed by atoms with Gasteiger partial charge in [0.15, 0.2) is 0 Å². The lowest BCUT2D eigenvalue weighted by molar-refractivity contribution is 0.487. The Balaban J connectivity index is 1.28. The van der Waals surface area contributed by atoms with Gasteiger partial charge in [-0.3, -0.25) is 0 Å². The highest BCUT2D eigenvalue weighted by Crippen LogP contribution is 2.43. The smallest absolute Gasteiger partial charge is 0.256 e. The second-order valence-corrected chi connectivity index (χ2v) is 15.1. The molecule has 2 aliphatic heterocycles. The number of rotatable bonds is 4. The fourth-order valence-corrected chi connectivity index (χ4v) is 9.48. The Bertz CT molecular complexity index is 2960. The van der Waals surface area contributed by atoms with Crippen molar-refractivity contribution in [1.82, 2.24) is 4.57 Å². The molecular weight excluding hydrogens is 653 g/mol. The third-order valence-electron chi connectivity index (χ3n) is 11.7. The van der Waals surface area contributed by atoms with Gasteiger partial charge in [0.2, 0.25) is 0 Å². The molecule has 0 bridgehead atoms. The van der Waals surface area contributed by atoms with Crippen LogP contribution in [0.5, 0.6) is 11.5 Å². The zero-order valence-electron chi connectivity index (χ0n) is 30.5. The molecule has 9 aromatic rings. The molecule has 54 heavy (non-hydrogen) atoms. The van der Waals surface area contributed by atoms with Crippen molar-refractivity contribution in [2.45, 2.75) is 20.8 Å². The molecule has 0 atom stereocenters. The molecule has 1 aromatic heterocycles. The molecule has 2 nitrogen and oxygen atoms in total. The molecule has 0 unspecified atom stereocenters. The Labute approximate surface area is 316 Å². The maximum atomic E-state index is 7.06. The van der Waals surface area contributed by atoms with Crippen molar-refractivity contribution in [2.24, 2.45) is 0 Å². The quantitative estimate of drug-likeness (QED) is 0.168. The fourth-order valence-electron chi connectivity index (χ4n) is 9.48. The van der Waals surface area contributed by atoms with E-state index < -0.39 is 0 Å². The normalized spacial score (nSPS) is 12.5. The second-order valence-electron chi connectivity index (χ2n) is 15.1. The lowest BCUT2D eigenvalue weighted by Crippen LogP contribution is -2.58. The lowest BCUT2D eigenvalue weighted by atomic mass is 9.34. The van der Waals surface area contributed by atoms with Crippen LogP contribution < -0.4 is 21.1 Å². The van der Waals surface area contributed by atoms with Crippen LogP contribution in [0.1, 0.15) is 16.7 Å². The van der Waals surface area contributed by atoms with Gasteiger partial charge in [-0.25, -0.2) is 0 Å². The minimum atomic E-state index is -0.0201. The number of aryl methyl sites for hydroxylation is 3. The van der Waals surface area contributed by atoms with Crippen molar-refractivity contribution < 1.29 is 4.74 Å². The Hall–Kier alpha value is -6.58. The number of fused-ring (bicyclic) bond motifs is 7. The molecule has 2 aliphatic rings.